The second-order valence-corrected chi connectivity index (χ2v) is 6.71. The molecule has 22 heavy (non-hydrogen) atoms. The Balaban J connectivity index is 1.97. The van der Waals surface area contributed by atoms with Gasteiger partial charge >= 0.3 is 0 Å². The summed E-state index contributed by atoms with van der Waals surface area (Å²) < 4.78 is 1.08. The summed E-state index contributed by atoms with van der Waals surface area (Å²) in [7, 11) is 1.86. The van der Waals surface area contributed by atoms with Gasteiger partial charge in [0.1, 0.15) is 0 Å². The number of rotatable bonds is 2. The monoisotopic (exact) mass is 358 g/mol. The first-order chi connectivity index (χ1) is 10.6. The molecule has 1 aliphatic rings. The maximum Gasteiger partial charge on any atom is 0.231 e. The number of hydrogen-bond acceptors (Lipinski definition) is 2. The van der Waals surface area contributed by atoms with Gasteiger partial charge in [0.15, 0.2) is 0 Å². The van der Waals surface area contributed by atoms with Gasteiger partial charge < -0.3 is 9.80 Å². The maximum atomic E-state index is 12.4. The van der Waals surface area contributed by atoms with E-state index in [0.717, 1.165) is 28.9 Å². The average molecular weight is 359 g/mol. The number of carbonyl (C=O) groups is 1. The molecule has 3 nitrogen and oxygen atoms in total. The van der Waals surface area contributed by atoms with Gasteiger partial charge in [0.2, 0.25) is 5.91 Å². The van der Waals surface area contributed by atoms with Crippen LogP contribution in [0.4, 0.5) is 11.4 Å². The van der Waals surface area contributed by atoms with E-state index in [9.17, 15) is 4.79 Å². The summed E-state index contributed by atoms with van der Waals surface area (Å²) >= 11 is 3.47. The van der Waals surface area contributed by atoms with E-state index in [1.165, 1.54) is 5.56 Å². The van der Waals surface area contributed by atoms with Gasteiger partial charge in [-0.05, 0) is 29.8 Å². The van der Waals surface area contributed by atoms with Crippen LogP contribution in [-0.2, 0) is 11.3 Å². The fraction of sp³-hybridized carbons (Fsp3) is 0.278. The first-order valence-electron chi connectivity index (χ1n) is 7.42. The Labute approximate surface area is 139 Å². The number of amides is 1. The zero-order chi connectivity index (χ0) is 15.7. The van der Waals surface area contributed by atoms with Gasteiger partial charge in [-0.3, -0.25) is 4.79 Å². The van der Waals surface area contributed by atoms with E-state index in [4.69, 9.17) is 0 Å². The number of benzene rings is 2. The second-order valence-electron chi connectivity index (χ2n) is 5.79. The van der Waals surface area contributed by atoms with Crippen LogP contribution in [0.5, 0.6) is 0 Å². The van der Waals surface area contributed by atoms with Gasteiger partial charge in [0.05, 0.1) is 17.3 Å². The third kappa shape index (κ3) is 2.88. The Kier molecular flexibility index (Phi) is 4.21. The molecule has 1 amide bonds. The fourth-order valence-corrected chi connectivity index (χ4v) is 3.20. The number of hydrogen-bond donors (Lipinski definition) is 0. The number of nitrogens with zero attached hydrogens (tertiary/aromatic N) is 2. The van der Waals surface area contributed by atoms with E-state index in [1.807, 2.05) is 32.2 Å². The van der Waals surface area contributed by atoms with Crippen LogP contribution in [0.25, 0.3) is 0 Å². The van der Waals surface area contributed by atoms with E-state index in [0.29, 0.717) is 0 Å². The molecule has 0 saturated carbocycles. The van der Waals surface area contributed by atoms with Crippen molar-refractivity contribution in [3.8, 4) is 0 Å². The van der Waals surface area contributed by atoms with Crippen molar-refractivity contribution >= 4 is 33.2 Å². The van der Waals surface area contributed by atoms with Crippen LogP contribution in [0, 0.1) is 5.92 Å². The zero-order valence-electron chi connectivity index (χ0n) is 12.8. The molecule has 3 rings (SSSR count). The van der Waals surface area contributed by atoms with Crippen molar-refractivity contribution in [3.05, 3.63) is 58.6 Å². The van der Waals surface area contributed by atoms with Crippen LogP contribution < -0.4 is 9.80 Å². The highest BCUT2D eigenvalue weighted by Crippen LogP contribution is 2.34. The number of halogens is 1. The van der Waals surface area contributed by atoms with Gasteiger partial charge in [0, 0.05) is 24.6 Å². The predicted octanol–water partition coefficient (Wildman–Crippen LogP) is 4.07. The van der Waals surface area contributed by atoms with Gasteiger partial charge in [-0.2, -0.15) is 0 Å². The van der Waals surface area contributed by atoms with Gasteiger partial charge in [-0.15, -0.1) is 0 Å². The molecule has 114 valence electrons. The molecule has 1 heterocycles. The minimum atomic E-state index is -0.0205. The molecular weight excluding hydrogens is 340 g/mol. The molecule has 0 saturated heterocycles. The van der Waals surface area contributed by atoms with Crippen LogP contribution in [0.2, 0.25) is 0 Å². The van der Waals surface area contributed by atoms with E-state index in [1.54, 1.807) is 4.90 Å². The molecule has 2 aromatic carbocycles. The lowest BCUT2D eigenvalue weighted by Crippen LogP contribution is -2.34. The molecule has 4 heteroatoms. The van der Waals surface area contributed by atoms with Crippen LogP contribution in [0.1, 0.15) is 12.5 Å². The standard InChI is InChI=1S/C18H19BrN2O/c1-13-11-21(12-14-7-9-15(19)10-8-14)17-6-4-3-5-16(17)20(2)18(13)22/h3-10,13H,11-12H2,1-2H3. The Morgan fingerprint density at radius 1 is 1.09 bits per heavy atom. The van der Waals surface area contributed by atoms with E-state index >= 15 is 0 Å². The molecule has 1 aliphatic heterocycles. The highest BCUT2D eigenvalue weighted by atomic mass is 79.9. The minimum absolute atomic E-state index is 0.0205. The lowest BCUT2D eigenvalue weighted by molar-refractivity contribution is -0.121. The lowest BCUT2D eigenvalue weighted by atomic mass is 10.1. The fourth-order valence-electron chi connectivity index (χ4n) is 2.93. The molecule has 0 radical (unpaired) electrons. The van der Waals surface area contributed by atoms with Crippen molar-refractivity contribution in [1.82, 2.24) is 0 Å². The predicted molar refractivity (Wildman–Crippen MR) is 94.2 cm³/mol. The Morgan fingerprint density at radius 2 is 1.73 bits per heavy atom. The molecule has 0 spiro atoms. The molecule has 0 N–H and O–H groups in total. The highest BCUT2D eigenvalue weighted by Gasteiger charge is 2.28. The van der Waals surface area contributed by atoms with Crippen LogP contribution in [0.3, 0.4) is 0 Å². The Bertz CT molecular complexity index is 684. The largest absolute Gasteiger partial charge is 0.365 e. The van der Waals surface area contributed by atoms with Crippen LogP contribution in [0.15, 0.2) is 53.0 Å². The van der Waals surface area contributed by atoms with Crippen molar-refractivity contribution in [2.24, 2.45) is 5.92 Å². The Hall–Kier alpha value is -1.81. The van der Waals surface area contributed by atoms with E-state index < -0.39 is 0 Å². The molecule has 0 aromatic heterocycles. The molecular formula is C18H19BrN2O. The summed E-state index contributed by atoms with van der Waals surface area (Å²) in [5.41, 5.74) is 3.33. The quantitative estimate of drug-likeness (QED) is 0.807. The SMILES string of the molecule is CC1CN(Cc2ccc(Br)cc2)c2ccccc2N(C)C1=O. The molecule has 2 aromatic rings. The smallest absolute Gasteiger partial charge is 0.231 e. The van der Waals surface area contributed by atoms with Crippen molar-refractivity contribution in [2.45, 2.75) is 13.5 Å². The molecule has 1 atom stereocenters. The highest BCUT2D eigenvalue weighted by molar-refractivity contribution is 9.10. The third-order valence-corrected chi connectivity index (χ3v) is 4.65. The third-order valence-electron chi connectivity index (χ3n) is 4.12. The van der Waals surface area contributed by atoms with Crippen LogP contribution in [-0.4, -0.2) is 19.5 Å². The molecule has 0 aliphatic carbocycles. The molecule has 0 bridgehead atoms. The lowest BCUT2D eigenvalue weighted by Gasteiger charge is -2.26. The number of fused-ring (bicyclic) bond motifs is 1. The summed E-state index contributed by atoms with van der Waals surface area (Å²) in [6, 6.07) is 16.5. The zero-order valence-corrected chi connectivity index (χ0v) is 14.4. The van der Waals surface area contributed by atoms with Gasteiger partial charge in [-0.25, -0.2) is 0 Å². The van der Waals surface area contributed by atoms with E-state index in [2.05, 4.69) is 51.2 Å². The maximum absolute atomic E-state index is 12.4. The summed E-state index contributed by atoms with van der Waals surface area (Å²) in [4.78, 5) is 16.5. The van der Waals surface area contributed by atoms with Crippen molar-refractivity contribution in [3.63, 3.8) is 0 Å². The van der Waals surface area contributed by atoms with Crippen molar-refractivity contribution in [1.29, 1.82) is 0 Å². The first-order valence-corrected chi connectivity index (χ1v) is 8.21. The van der Waals surface area contributed by atoms with Crippen molar-refractivity contribution in [2.75, 3.05) is 23.4 Å². The van der Waals surface area contributed by atoms with Crippen LogP contribution >= 0.6 is 15.9 Å². The summed E-state index contributed by atoms with van der Waals surface area (Å²) in [5, 5.41) is 0. The number of anilines is 2. The van der Waals surface area contributed by atoms with Gasteiger partial charge in [0.25, 0.3) is 0 Å². The van der Waals surface area contributed by atoms with Gasteiger partial charge in [-0.1, -0.05) is 47.1 Å². The molecule has 1 unspecified atom stereocenters. The average Bonchev–Trinajstić information content (AvgIpc) is 2.62. The van der Waals surface area contributed by atoms with E-state index in [-0.39, 0.29) is 11.8 Å². The van der Waals surface area contributed by atoms with Crippen molar-refractivity contribution < 1.29 is 4.79 Å². The topological polar surface area (TPSA) is 23.6 Å². The summed E-state index contributed by atoms with van der Waals surface area (Å²) in [6.45, 7) is 3.53. The minimum Gasteiger partial charge on any atom is -0.365 e. The first kappa shape index (κ1) is 15.1. The Morgan fingerprint density at radius 3 is 2.41 bits per heavy atom. The summed E-state index contributed by atoms with van der Waals surface area (Å²) in [5.74, 6) is 0.151. The number of para-hydroxylation sites is 2. The summed E-state index contributed by atoms with van der Waals surface area (Å²) in [6.07, 6.45) is 0. The number of carbonyl (C=O) groups excluding carboxylic acids is 1. The molecule has 0 fully saturated rings. The second kappa shape index (κ2) is 6.13. The normalized spacial score (nSPS) is 18.1.